The molecule has 2 amide bonds. The van der Waals surface area contributed by atoms with E-state index in [0.717, 1.165) is 31.5 Å². The summed E-state index contributed by atoms with van der Waals surface area (Å²) in [5, 5.41) is 2.98. The minimum Gasteiger partial charge on any atom is -0.322 e. The first-order valence-electron chi connectivity index (χ1n) is 6.87. The van der Waals surface area contributed by atoms with Crippen molar-refractivity contribution in [3.05, 3.63) is 29.8 Å². The lowest BCUT2D eigenvalue weighted by Gasteiger charge is -2.33. The van der Waals surface area contributed by atoms with Crippen LogP contribution in [0.2, 0.25) is 0 Å². The third-order valence-electron chi connectivity index (χ3n) is 3.68. The average Bonchev–Trinajstić information content (AvgIpc) is 2.40. The first-order chi connectivity index (χ1) is 8.70. The van der Waals surface area contributed by atoms with Gasteiger partial charge in [0.25, 0.3) is 0 Å². The molecule has 0 bridgehead atoms. The molecule has 1 aromatic carbocycles. The molecule has 1 saturated heterocycles. The highest BCUT2D eigenvalue weighted by atomic mass is 16.2. The Labute approximate surface area is 109 Å². The van der Waals surface area contributed by atoms with Crippen LogP contribution < -0.4 is 5.32 Å². The fraction of sp³-hybridized carbons (Fsp3) is 0.533. The van der Waals surface area contributed by atoms with E-state index in [4.69, 9.17) is 0 Å². The summed E-state index contributed by atoms with van der Waals surface area (Å²) in [7, 11) is 0. The highest BCUT2D eigenvalue weighted by Crippen LogP contribution is 2.18. The van der Waals surface area contributed by atoms with Crippen LogP contribution in [0.1, 0.15) is 38.7 Å². The lowest BCUT2D eigenvalue weighted by Crippen LogP contribution is -2.44. The smallest absolute Gasteiger partial charge is 0.322 e. The van der Waals surface area contributed by atoms with E-state index < -0.39 is 0 Å². The van der Waals surface area contributed by atoms with Crippen molar-refractivity contribution in [3.8, 4) is 0 Å². The Hall–Kier alpha value is -1.51. The maximum Gasteiger partial charge on any atom is 0.322 e. The number of aryl methyl sites for hydroxylation is 1. The number of likely N-dealkylation sites (tertiary alicyclic amines) is 1. The summed E-state index contributed by atoms with van der Waals surface area (Å²) < 4.78 is 0. The van der Waals surface area contributed by atoms with Crippen LogP contribution in [0, 0.1) is 0 Å². The van der Waals surface area contributed by atoms with E-state index in [-0.39, 0.29) is 6.03 Å². The highest BCUT2D eigenvalue weighted by Gasteiger charge is 2.22. The van der Waals surface area contributed by atoms with Gasteiger partial charge in [0.1, 0.15) is 0 Å². The zero-order valence-electron chi connectivity index (χ0n) is 11.3. The number of hydrogen-bond acceptors (Lipinski definition) is 1. The van der Waals surface area contributed by atoms with Crippen LogP contribution in [0.25, 0.3) is 0 Å². The minimum absolute atomic E-state index is 0.0337. The molecule has 0 aliphatic carbocycles. The Bertz CT molecular complexity index is 399. The number of nitrogens with zero attached hydrogens (tertiary/aromatic N) is 1. The molecule has 0 radical (unpaired) electrons. The predicted octanol–water partition coefficient (Wildman–Crippen LogP) is 3.66. The van der Waals surface area contributed by atoms with Crippen molar-refractivity contribution in [1.82, 2.24) is 4.90 Å². The number of nitrogens with one attached hydrogen (secondary N) is 1. The number of urea groups is 1. The van der Waals surface area contributed by atoms with Gasteiger partial charge in [-0.2, -0.15) is 0 Å². The van der Waals surface area contributed by atoms with E-state index in [1.165, 1.54) is 12.0 Å². The molecule has 98 valence electrons. The summed E-state index contributed by atoms with van der Waals surface area (Å²) in [5.41, 5.74) is 2.18. The summed E-state index contributed by atoms with van der Waals surface area (Å²) in [6.45, 7) is 5.13. The van der Waals surface area contributed by atoms with Crippen molar-refractivity contribution in [2.24, 2.45) is 0 Å². The summed E-state index contributed by atoms with van der Waals surface area (Å²) in [5.74, 6) is 0. The molecule has 18 heavy (non-hydrogen) atoms. The van der Waals surface area contributed by atoms with Gasteiger partial charge in [-0.3, -0.25) is 0 Å². The fourth-order valence-corrected chi connectivity index (χ4v) is 2.42. The molecular weight excluding hydrogens is 224 g/mol. The first-order valence-corrected chi connectivity index (χ1v) is 6.87. The standard InChI is InChI=1S/C15H22N2O/c1-3-13-7-9-14(10-8-13)16-15(18)17-11-5-4-6-12(17)2/h7-10,12H,3-6,11H2,1-2H3,(H,16,18). The second-order valence-corrected chi connectivity index (χ2v) is 5.02. The monoisotopic (exact) mass is 246 g/mol. The molecule has 0 aromatic heterocycles. The molecular formula is C15H22N2O. The van der Waals surface area contributed by atoms with Gasteiger partial charge in [-0.25, -0.2) is 4.79 Å². The summed E-state index contributed by atoms with van der Waals surface area (Å²) >= 11 is 0. The Morgan fingerprint density at radius 1 is 1.33 bits per heavy atom. The highest BCUT2D eigenvalue weighted by molar-refractivity contribution is 5.89. The van der Waals surface area contributed by atoms with E-state index in [1.807, 2.05) is 17.0 Å². The number of piperidine rings is 1. The number of amides is 2. The number of hydrogen-bond donors (Lipinski definition) is 1. The number of benzene rings is 1. The van der Waals surface area contributed by atoms with E-state index in [1.54, 1.807) is 0 Å². The Balaban J connectivity index is 1.97. The quantitative estimate of drug-likeness (QED) is 0.848. The van der Waals surface area contributed by atoms with Crippen LogP contribution in [0.3, 0.4) is 0 Å². The maximum atomic E-state index is 12.1. The Morgan fingerprint density at radius 3 is 2.67 bits per heavy atom. The molecule has 0 saturated carbocycles. The maximum absolute atomic E-state index is 12.1. The number of carbonyl (C=O) groups is 1. The van der Waals surface area contributed by atoms with Crippen LogP contribution >= 0.6 is 0 Å². The Morgan fingerprint density at radius 2 is 2.06 bits per heavy atom. The molecule has 1 aliphatic heterocycles. The van der Waals surface area contributed by atoms with Crippen LogP contribution in [-0.4, -0.2) is 23.5 Å². The van der Waals surface area contributed by atoms with Gasteiger partial charge < -0.3 is 10.2 Å². The number of rotatable bonds is 2. The predicted molar refractivity (Wildman–Crippen MR) is 74.9 cm³/mol. The number of anilines is 1. The zero-order chi connectivity index (χ0) is 13.0. The van der Waals surface area contributed by atoms with Crippen LogP contribution in [-0.2, 0) is 6.42 Å². The van der Waals surface area contributed by atoms with E-state index in [0.29, 0.717) is 6.04 Å². The van der Waals surface area contributed by atoms with Crippen LogP contribution in [0.4, 0.5) is 10.5 Å². The molecule has 1 unspecified atom stereocenters. The van der Waals surface area contributed by atoms with Crippen molar-refractivity contribution in [2.45, 2.75) is 45.6 Å². The van der Waals surface area contributed by atoms with Crippen molar-refractivity contribution < 1.29 is 4.79 Å². The van der Waals surface area contributed by atoms with Crippen molar-refractivity contribution in [3.63, 3.8) is 0 Å². The SMILES string of the molecule is CCc1ccc(NC(=O)N2CCCCC2C)cc1. The molecule has 0 spiro atoms. The lowest BCUT2D eigenvalue weighted by molar-refractivity contribution is 0.170. The third-order valence-corrected chi connectivity index (χ3v) is 3.68. The molecule has 2 rings (SSSR count). The topological polar surface area (TPSA) is 32.3 Å². The van der Waals surface area contributed by atoms with Gasteiger partial charge in [-0.05, 0) is 50.3 Å². The number of carbonyl (C=O) groups excluding carboxylic acids is 1. The van der Waals surface area contributed by atoms with Gasteiger partial charge in [0, 0.05) is 18.3 Å². The summed E-state index contributed by atoms with van der Waals surface area (Å²) in [6.07, 6.45) is 4.49. The molecule has 3 nitrogen and oxygen atoms in total. The van der Waals surface area contributed by atoms with Crippen molar-refractivity contribution in [1.29, 1.82) is 0 Å². The Kier molecular flexibility index (Phi) is 4.24. The van der Waals surface area contributed by atoms with E-state index >= 15 is 0 Å². The summed E-state index contributed by atoms with van der Waals surface area (Å²) in [4.78, 5) is 14.1. The summed E-state index contributed by atoms with van der Waals surface area (Å²) in [6, 6.07) is 8.47. The largest absolute Gasteiger partial charge is 0.322 e. The van der Waals surface area contributed by atoms with Crippen molar-refractivity contribution >= 4 is 11.7 Å². The third kappa shape index (κ3) is 3.03. The second-order valence-electron chi connectivity index (χ2n) is 5.02. The molecule has 1 N–H and O–H groups in total. The minimum atomic E-state index is 0.0337. The second kappa shape index (κ2) is 5.89. The van der Waals surface area contributed by atoms with Gasteiger partial charge in [-0.15, -0.1) is 0 Å². The molecule has 1 aromatic rings. The fourth-order valence-electron chi connectivity index (χ4n) is 2.42. The van der Waals surface area contributed by atoms with Gasteiger partial charge in [0.15, 0.2) is 0 Å². The molecule has 1 heterocycles. The van der Waals surface area contributed by atoms with Crippen LogP contribution in [0.5, 0.6) is 0 Å². The molecule has 3 heteroatoms. The van der Waals surface area contributed by atoms with Gasteiger partial charge in [0.2, 0.25) is 0 Å². The molecule has 1 aliphatic rings. The normalized spacial score (nSPS) is 19.7. The molecule has 1 atom stereocenters. The van der Waals surface area contributed by atoms with Crippen molar-refractivity contribution in [2.75, 3.05) is 11.9 Å². The van der Waals surface area contributed by atoms with E-state index in [9.17, 15) is 4.79 Å². The zero-order valence-corrected chi connectivity index (χ0v) is 11.3. The van der Waals surface area contributed by atoms with Gasteiger partial charge in [0.05, 0.1) is 0 Å². The van der Waals surface area contributed by atoms with Crippen LogP contribution in [0.15, 0.2) is 24.3 Å². The van der Waals surface area contributed by atoms with Gasteiger partial charge >= 0.3 is 6.03 Å². The average molecular weight is 246 g/mol. The van der Waals surface area contributed by atoms with Gasteiger partial charge in [-0.1, -0.05) is 19.1 Å². The molecule has 1 fully saturated rings. The first kappa shape index (κ1) is 12.9. The lowest BCUT2D eigenvalue weighted by atomic mass is 10.0. The van der Waals surface area contributed by atoms with E-state index in [2.05, 4.69) is 31.3 Å².